The first kappa shape index (κ1) is 15.6. The lowest BCUT2D eigenvalue weighted by Crippen LogP contribution is -2.43. The van der Waals surface area contributed by atoms with Crippen LogP contribution in [-0.2, 0) is 16.0 Å². The average molecular weight is 281 g/mol. The van der Waals surface area contributed by atoms with Gasteiger partial charge in [-0.1, -0.05) is 44.2 Å². The molecule has 0 aliphatic rings. The Hall–Kier alpha value is -1.49. The molecule has 4 nitrogen and oxygen atoms in total. The number of nitrogens with one attached hydrogen (secondary N) is 1. The van der Waals surface area contributed by atoms with Gasteiger partial charge in [-0.15, -0.1) is 11.8 Å². The van der Waals surface area contributed by atoms with Crippen LogP contribution in [0.25, 0.3) is 0 Å². The zero-order valence-corrected chi connectivity index (χ0v) is 11.9. The van der Waals surface area contributed by atoms with Crippen molar-refractivity contribution in [3.05, 3.63) is 35.9 Å². The summed E-state index contributed by atoms with van der Waals surface area (Å²) >= 11 is 1.49. The number of carbonyl (C=O) groups excluding carboxylic acids is 1. The molecule has 0 fully saturated rings. The van der Waals surface area contributed by atoms with Crippen molar-refractivity contribution in [3.63, 3.8) is 0 Å². The molecule has 0 radical (unpaired) electrons. The van der Waals surface area contributed by atoms with E-state index >= 15 is 0 Å². The highest BCUT2D eigenvalue weighted by atomic mass is 32.2. The summed E-state index contributed by atoms with van der Waals surface area (Å²) in [7, 11) is 0. The molecule has 5 heteroatoms. The molecule has 1 amide bonds. The molecule has 0 aromatic heterocycles. The monoisotopic (exact) mass is 281 g/mol. The molecule has 0 bridgehead atoms. The first-order chi connectivity index (χ1) is 8.99. The van der Waals surface area contributed by atoms with Gasteiger partial charge in [0.15, 0.2) is 0 Å². The average Bonchev–Trinajstić information content (AvgIpc) is 2.36. The fourth-order valence-electron chi connectivity index (χ4n) is 1.53. The Morgan fingerprint density at radius 2 is 1.89 bits per heavy atom. The van der Waals surface area contributed by atoms with E-state index in [4.69, 9.17) is 5.11 Å². The van der Waals surface area contributed by atoms with Crippen LogP contribution in [-0.4, -0.2) is 34.0 Å². The van der Waals surface area contributed by atoms with Gasteiger partial charge in [-0.3, -0.25) is 4.79 Å². The van der Waals surface area contributed by atoms with Gasteiger partial charge in [0.05, 0.1) is 5.75 Å². The van der Waals surface area contributed by atoms with E-state index in [9.17, 15) is 9.59 Å². The molecule has 104 valence electrons. The van der Waals surface area contributed by atoms with Crippen LogP contribution in [0.3, 0.4) is 0 Å². The molecule has 2 N–H and O–H groups in total. The highest BCUT2D eigenvalue weighted by molar-refractivity contribution is 8.00. The van der Waals surface area contributed by atoms with E-state index in [-0.39, 0.29) is 11.7 Å². The lowest BCUT2D eigenvalue weighted by atomic mass is 10.1. The molecule has 1 aromatic carbocycles. The van der Waals surface area contributed by atoms with Crippen molar-refractivity contribution in [2.24, 2.45) is 0 Å². The molecule has 1 rings (SSSR count). The molecule has 0 aliphatic heterocycles. The lowest BCUT2D eigenvalue weighted by Gasteiger charge is -2.15. The zero-order chi connectivity index (χ0) is 14.3. The third-order valence-electron chi connectivity index (χ3n) is 2.46. The Labute approximate surface area is 117 Å². The van der Waals surface area contributed by atoms with Crippen LogP contribution in [0.1, 0.15) is 19.4 Å². The van der Waals surface area contributed by atoms with Crippen molar-refractivity contribution in [2.75, 3.05) is 5.75 Å². The van der Waals surface area contributed by atoms with Crippen molar-refractivity contribution >= 4 is 23.6 Å². The minimum Gasteiger partial charge on any atom is -0.480 e. The second-order valence-corrected chi connectivity index (χ2v) is 6.07. The summed E-state index contributed by atoms with van der Waals surface area (Å²) in [6, 6.07) is 8.41. The minimum absolute atomic E-state index is 0.234. The predicted molar refractivity (Wildman–Crippen MR) is 77.3 cm³/mol. The topological polar surface area (TPSA) is 66.4 Å². The molecule has 0 saturated carbocycles. The molecular weight excluding hydrogens is 262 g/mol. The number of aliphatic carboxylic acids is 1. The number of carboxylic acids is 1. The Kier molecular flexibility index (Phi) is 6.42. The zero-order valence-electron chi connectivity index (χ0n) is 11.1. The largest absolute Gasteiger partial charge is 0.480 e. The van der Waals surface area contributed by atoms with E-state index in [2.05, 4.69) is 5.32 Å². The van der Waals surface area contributed by atoms with Crippen LogP contribution in [0.4, 0.5) is 0 Å². The van der Waals surface area contributed by atoms with Gasteiger partial charge in [0, 0.05) is 6.42 Å². The number of hydrogen-bond donors (Lipinski definition) is 2. The van der Waals surface area contributed by atoms with E-state index in [1.807, 2.05) is 44.2 Å². The van der Waals surface area contributed by atoms with Gasteiger partial charge < -0.3 is 10.4 Å². The second-order valence-electron chi connectivity index (χ2n) is 4.51. The van der Waals surface area contributed by atoms with E-state index in [1.54, 1.807) is 0 Å². The van der Waals surface area contributed by atoms with E-state index < -0.39 is 12.0 Å². The predicted octanol–water partition coefficient (Wildman–Crippen LogP) is 1.94. The number of carbonyl (C=O) groups is 2. The van der Waals surface area contributed by atoms with Crippen LogP contribution >= 0.6 is 11.8 Å². The van der Waals surface area contributed by atoms with Crippen molar-refractivity contribution in [2.45, 2.75) is 31.6 Å². The number of benzene rings is 1. The molecule has 1 aromatic rings. The summed E-state index contributed by atoms with van der Waals surface area (Å²) < 4.78 is 0. The summed E-state index contributed by atoms with van der Waals surface area (Å²) in [5, 5.41) is 12.1. The van der Waals surface area contributed by atoms with E-state index in [0.29, 0.717) is 11.7 Å². The molecular formula is C14H19NO3S. The number of rotatable bonds is 7. The summed E-state index contributed by atoms with van der Waals surface area (Å²) in [5.41, 5.74) is 0.895. The molecule has 0 heterocycles. The maximum atomic E-state index is 11.7. The lowest BCUT2D eigenvalue weighted by molar-refractivity contribution is -0.141. The summed E-state index contributed by atoms with van der Waals surface area (Å²) in [4.78, 5) is 22.8. The molecule has 0 spiro atoms. The maximum absolute atomic E-state index is 11.7. The fourth-order valence-corrected chi connectivity index (χ4v) is 2.10. The SMILES string of the molecule is CC(C)SCC(=O)NC(Cc1ccccc1)C(=O)O. The van der Waals surface area contributed by atoms with Crippen molar-refractivity contribution < 1.29 is 14.7 Å². The van der Waals surface area contributed by atoms with Crippen molar-refractivity contribution in [1.29, 1.82) is 0 Å². The summed E-state index contributed by atoms with van der Waals surface area (Å²) in [5.74, 6) is -0.954. The van der Waals surface area contributed by atoms with Gasteiger partial charge >= 0.3 is 5.97 Å². The van der Waals surface area contributed by atoms with E-state index in [0.717, 1.165) is 5.56 Å². The number of thioether (sulfide) groups is 1. The Morgan fingerprint density at radius 1 is 1.26 bits per heavy atom. The van der Waals surface area contributed by atoms with Crippen LogP contribution in [0.15, 0.2) is 30.3 Å². The van der Waals surface area contributed by atoms with Crippen LogP contribution in [0.2, 0.25) is 0 Å². The Bertz CT molecular complexity index is 420. The van der Waals surface area contributed by atoms with Crippen molar-refractivity contribution in [1.82, 2.24) is 5.32 Å². The Morgan fingerprint density at radius 3 is 2.42 bits per heavy atom. The summed E-state index contributed by atoms with van der Waals surface area (Å²) in [6.07, 6.45) is 0.300. The van der Waals surface area contributed by atoms with Crippen LogP contribution in [0.5, 0.6) is 0 Å². The summed E-state index contributed by atoms with van der Waals surface area (Å²) in [6.45, 7) is 3.99. The molecule has 19 heavy (non-hydrogen) atoms. The minimum atomic E-state index is -1.01. The highest BCUT2D eigenvalue weighted by Gasteiger charge is 2.20. The Balaban J connectivity index is 2.54. The molecule has 1 atom stereocenters. The molecule has 0 aliphatic carbocycles. The standard InChI is InChI=1S/C14H19NO3S/c1-10(2)19-9-13(16)15-12(14(17)18)8-11-6-4-3-5-7-11/h3-7,10,12H,8-9H2,1-2H3,(H,15,16)(H,17,18). The smallest absolute Gasteiger partial charge is 0.326 e. The van der Waals surface area contributed by atoms with Crippen LogP contribution in [0, 0.1) is 0 Å². The van der Waals surface area contributed by atoms with Crippen LogP contribution < -0.4 is 5.32 Å². The third kappa shape index (κ3) is 6.29. The van der Waals surface area contributed by atoms with Gasteiger partial charge in [-0.2, -0.15) is 0 Å². The van der Waals surface area contributed by atoms with E-state index in [1.165, 1.54) is 11.8 Å². The fraction of sp³-hybridized carbons (Fsp3) is 0.429. The van der Waals surface area contributed by atoms with Gasteiger partial charge in [0.1, 0.15) is 6.04 Å². The number of carboxylic acid groups (broad SMARTS) is 1. The normalized spacial score (nSPS) is 12.2. The van der Waals surface area contributed by atoms with Gasteiger partial charge in [-0.25, -0.2) is 4.79 Å². The number of hydrogen-bond acceptors (Lipinski definition) is 3. The maximum Gasteiger partial charge on any atom is 0.326 e. The first-order valence-corrected chi connectivity index (χ1v) is 7.21. The quantitative estimate of drug-likeness (QED) is 0.801. The first-order valence-electron chi connectivity index (χ1n) is 6.16. The van der Waals surface area contributed by atoms with Crippen molar-refractivity contribution in [3.8, 4) is 0 Å². The highest BCUT2D eigenvalue weighted by Crippen LogP contribution is 2.09. The molecule has 0 saturated heterocycles. The van der Waals surface area contributed by atoms with Gasteiger partial charge in [0.25, 0.3) is 0 Å². The number of amides is 1. The third-order valence-corrected chi connectivity index (χ3v) is 3.56. The molecule has 1 unspecified atom stereocenters. The van der Waals surface area contributed by atoms with Gasteiger partial charge in [-0.05, 0) is 10.8 Å². The van der Waals surface area contributed by atoms with Gasteiger partial charge in [0.2, 0.25) is 5.91 Å². The second kappa shape index (κ2) is 7.84.